The molecule has 0 spiro atoms. The van der Waals surface area contributed by atoms with E-state index in [1.165, 1.54) is 6.92 Å². The molecule has 0 aliphatic heterocycles. The average Bonchev–Trinajstić information content (AvgIpc) is 2.39. The minimum Gasteiger partial charge on any atom is -0.493 e. The average molecular weight is 264 g/mol. The lowest BCUT2D eigenvalue weighted by Gasteiger charge is -2.15. The van der Waals surface area contributed by atoms with Gasteiger partial charge >= 0.3 is 0 Å². The van der Waals surface area contributed by atoms with Gasteiger partial charge in [-0.2, -0.15) is 5.10 Å². The summed E-state index contributed by atoms with van der Waals surface area (Å²) in [5.41, 5.74) is 3.17. The van der Waals surface area contributed by atoms with Crippen molar-refractivity contribution in [3.63, 3.8) is 0 Å². The predicted octanol–water partition coefficient (Wildman–Crippen LogP) is 2.34. The highest BCUT2D eigenvalue weighted by atomic mass is 16.5. The fourth-order valence-corrected chi connectivity index (χ4v) is 1.36. The molecule has 5 heteroatoms. The van der Waals surface area contributed by atoms with Gasteiger partial charge in [0.25, 0.3) is 0 Å². The van der Waals surface area contributed by atoms with Crippen molar-refractivity contribution in [2.24, 2.45) is 5.10 Å². The fraction of sp³-hybridized carbons (Fsp3) is 0.429. The van der Waals surface area contributed by atoms with Crippen molar-refractivity contribution in [2.45, 2.75) is 33.3 Å². The molecule has 0 heterocycles. The van der Waals surface area contributed by atoms with Gasteiger partial charge in [-0.05, 0) is 37.1 Å². The monoisotopic (exact) mass is 264 g/mol. The second-order valence-corrected chi connectivity index (χ2v) is 4.17. The minimum atomic E-state index is -0.208. The Balaban J connectivity index is 2.83. The Labute approximate surface area is 113 Å². The lowest BCUT2D eigenvalue weighted by molar-refractivity contribution is -0.118. The maximum atomic E-state index is 10.7. The molecule has 0 saturated carbocycles. The van der Waals surface area contributed by atoms with Crippen molar-refractivity contribution in [3.8, 4) is 11.5 Å². The van der Waals surface area contributed by atoms with E-state index in [-0.39, 0.29) is 12.0 Å². The second-order valence-electron chi connectivity index (χ2n) is 4.17. The van der Waals surface area contributed by atoms with Gasteiger partial charge < -0.3 is 9.47 Å². The Hall–Kier alpha value is -2.04. The van der Waals surface area contributed by atoms with Crippen LogP contribution in [0.5, 0.6) is 11.5 Å². The Morgan fingerprint density at radius 1 is 1.47 bits per heavy atom. The van der Waals surface area contributed by atoms with Crippen LogP contribution in [0, 0.1) is 0 Å². The van der Waals surface area contributed by atoms with Crippen molar-refractivity contribution >= 4 is 12.1 Å². The zero-order valence-corrected chi connectivity index (χ0v) is 11.8. The van der Waals surface area contributed by atoms with Gasteiger partial charge in [-0.1, -0.05) is 6.92 Å². The number of hydrogen-bond donors (Lipinski definition) is 1. The number of carbonyl (C=O) groups is 1. The molecule has 0 aliphatic carbocycles. The van der Waals surface area contributed by atoms with Crippen LogP contribution >= 0.6 is 0 Å². The van der Waals surface area contributed by atoms with E-state index < -0.39 is 0 Å². The number of carbonyl (C=O) groups excluding carboxylic acids is 1. The molecule has 1 amide bonds. The quantitative estimate of drug-likeness (QED) is 0.633. The SMILES string of the molecule is CCC(C)Oc1ccc(/C=N/NC(C)=O)cc1OC. The highest BCUT2D eigenvalue weighted by molar-refractivity contribution is 5.82. The lowest BCUT2D eigenvalue weighted by Crippen LogP contribution is -2.12. The van der Waals surface area contributed by atoms with E-state index in [2.05, 4.69) is 17.5 Å². The van der Waals surface area contributed by atoms with Crippen LogP contribution in [0.3, 0.4) is 0 Å². The number of hydrazone groups is 1. The molecule has 19 heavy (non-hydrogen) atoms. The normalized spacial score (nSPS) is 12.2. The third-order valence-corrected chi connectivity index (χ3v) is 2.53. The summed E-state index contributed by atoms with van der Waals surface area (Å²) in [4.78, 5) is 10.7. The van der Waals surface area contributed by atoms with Gasteiger partial charge in [0, 0.05) is 6.92 Å². The third kappa shape index (κ3) is 4.99. The van der Waals surface area contributed by atoms with Crippen LogP contribution in [-0.4, -0.2) is 25.3 Å². The zero-order chi connectivity index (χ0) is 14.3. The first kappa shape index (κ1) is 15.0. The van der Waals surface area contributed by atoms with Crippen LogP contribution in [0.4, 0.5) is 0 Å². The summed E-state index contributed by atoms with van der Waals surface area (Å²) < 4.78 is 11.0. The third-order valence-electron chi connectivity index (χ3n) is 2.53. The molecular formula is C14H20N2O3. The molecule has 104 valence electrons. The van der Waals surface area contributed by atoms with Crippen molar-refractivity contribution in [3.05, 3.63) is 23.8 Å². The van der Waals surface area contributed by atoms with Gasteiger partial charge in [-0.3, -0.25) is 4.79 Å². The summed E-state index contributed by atoms with van der Waals surface area (Å²) in [5, 5.41) is 3.80. The highest BCUT2D eigenvalue weighted by Gasteiger charge is 2.08. The fourth-order valence-electron chi connectivity index (χ4n) is 1.36. The van der Waals surface area contributed by atoms with E-state index in [1.807, 2.05) is 25.1 Å². The molecule has 0 radical (unpaired) electrons. The first-order valence-corrected chi connectivity index (χ1v) is 6.21. The van der Waals surface area contributed by atoms with Crippen molar-refractivity contribution in [1.82, 2.24) is 5.43 Å². The van der Waals surface area contributed by atoms with Gasteiger partial charge in [0.15, 0.2) is 11.5 Å². The van der Waals surface area contributed by atoms with Crippen LogP contribution in [0.2, 0.25) is 0 Å². The number of benzene rings is 1. The zero-order valence-electron chi connectivity index (χ0n) is 11.8. The molecule has 1 atom stereocenters. The van der Waals surface area contributed by atoms with E-state index >= 15 is 0 Å². The predicted molar refractivity (Wildman–Crippen MR) is 74.8 cm³/mol. The molecule has 0 fully saturated rings. The molecule has 0 aliphatic rings. The number of nitrogens with zero attached hydrogens (tertiary/aromatic N) is 1. The number of methoxy groups -OCH3 is 1. The standard InChI is InChI=1S/C14H20N2O3/c1-5-10(2)19-13-7-6-12(8-14(13)18-4)9-15-16-11(3)17/h6-10H,5H2,1-4H3,(H,16,17)/b15-9+. The van der Waals surface area contributed by atoms with Crippen molar-refractivity contribution in [2.75, 3.05) is 7.11 Å². The molecular weight excluding hydrogens is 244 g/mol. The molecule has 5 nitrogen and oxygen atoms in total. The number of rotatable bonds is 6. The van der Waals surface area contributed by atoms with Crippen LogP contribution in [0.1, 0.15) is 32.8 Å². The van der Waals surface area contributed by atoms with E-state index in [0.717, 1.165) is 12.0 Å². The van der Waals surface area contributed by atoms with E-state index in [9.17, 15) is 4.79 Å². The van der Waals surface area contributed by atoms with Crippen molar-refractivity contribution < 1.29 is 14.3 Å². The Morgan fingerprint density at radius 3 is 2.79 bits per heavy atom. The van der Waals surface area contributed by atoms with Gasteiger partial charge in [0.05, 0.1) is 19.4 Å². The second kappa shape index (κ2) is 7.41. The smallest absolute Gasteiger partial charge is 0.236 e. The number of ether oxygens (including phenoxy) is 2. The highest BCUT2D eigenvalue weighted by Crippen LogP contribution is 2.28. The molecule has 1 N–H and O–H groups in total. The maximum Gasteiger partial charge on any atom is 0.236 e. The molecule has 1 aromatic carbocycles. The summed E-state index contributed by atoms with van der Waals surface area (Å²) in [6.07, 6.45) is 2.61. The first-order valence-electron chi connectivity index (χ1n) is 6.21. The summed E-state index contributed by atoms with van der Waals surface area (Å²) >= 11 is 0. The molecule has 1 rings (SSSR count). The van der Waals surface area contributed by atoms with Gasteiger partial charge in [0.2, 0.25) is 5.91 Å². The summed E-state index contributed by atoms with van der Waals surface area (Å²) in [6.45, 7) is 5.47. The minimum absolute atomic E-state index is 0.132. The molecule has 1 unspecified atom stereocenters. The number of hydrogen-bond acceptors (Lipinski definition) is 4. The first-order chi connectivity index (χ1) is 9.06. The van der Waals surface area contributed by atoms with Crippen LogP contribution in [-0.2, 0) is 4.79 Å². The van der Waals surface area contributed by atoms with Crippen LogP contribution in [0.15, 0.2) is 23.3 Å². The molecule has 0 bridgehead atoms. The lowest BCUT2D eigenvalue weighted by atomic mass is 10.2. The van der Waals surface area contributed by atoms with E-state index in [0.29, 0.717) is 11.5 Å². The summed E-state index contributed by atoms with van der Waals surface area (Å²) in [5.74, 6) is 1.14. The maximum absolute atomic E-state index is 10.7. The Kier molecular flexibility index (Phi) is 5.85. The summed E-state index contributed by atoms with van der Waals surface area (Å²) in [7, 11) is 1.59. The topological polar surface area (TPSA) is 59.9 Å². The summed E-state index contributed by atoms with van der Waals surface area (Å²) in [6, 6.07) is 5.49. The van der Waals surface area contributed by atoms with Crippen LogP contribution < -0.4 is 14.9 Å². The van der Waals surface area contributed by atoms with Gasteiger partial charge in [-0.25, -0.2) is 5.43 Å². The Bertz CT molecular complexity index is 458. The van der Waals surface area contributed by atoms with Gasteiger partial charge in [-0.15, -0.1) is 0 Å². The molecule has 1 aromatic rings. The van der Waals surface area contributed by atoms with E-state index in [4.69, 9.17) is 9.47 Å². The molecule has 0 saturated heterocycles. The Morgan fingerprint density at radius 2 is 2.21 bits per heavy atom. The largest absolute Gasteiger partial charge is 0.493 e. The van der Waals surface area contributed by atoms with Crippen molar-refractivity contribution in [1.29, 1.82) is 0 Å². The van der Waals surface area contributed by atoms with Crippen LogP contribution in [0.25, 0.3) is 0 Å². The number of nitrogens with one attached hydrogen (secondary N) is 1. The molecule has 0 aromatic heterocycles. The number of amides is 1. The van der Waals surface area contributed by atoms with E-state index in [1.54, 1.807) is 13.3 Å². The van der Waals surface area contributed by atoms with Gasteiger partial charge in [0.1, 0.15) is 0 Å².